The average Bonchev–Trinajstić information content (AvgIpc) is 2.57. The van der Waals surface area contributed by atoms with Gasteiger partial charge in [-0.05, 0) is 40.5 Å². The van der Waals surface area contributed by atoms with Crippen molar-refractivity contribution in [1.82, 2.24) is 4.90 Å². The zero-order chi connectivity index (χ0) is 16.1. The zero-order valence-electron chi connectivity index (χ0n) is 14.7. The largest absolute Gasteiger partial charge is 0.462 e. The number of hydrogen-bond donors (Lipinski definition) is 0. The van der Waals surface area contributed by atoms with Crippen molar-refractivity contribution in [2.24, 2.45) is 5.41 Å². The van der Waals surface area contributed by atoms with Crippen LogP contribution in [0.2, 0.25) is 5.82 Å². The van der Waals surface area contributed by atoms with E-state index in [0.717, 1.165) is 25.9 Å². The predicted octanol–water partition coefficient (Wildman–Crippen LogP) is 3.12. The summed E-state index contributed by atoms with van der Waals surface area (Å²) in [6.07, 6.45) is 2.08. The normalized spacial score (nSPS) is 28.8. The van der Waals surface area contributed by atoms with Gasteiger partial charge in [0.25, 0.3) is 0 Å². The van der Waals surface area contributed by atoms with Crippen LogP contribution in [0.1, 0.15) is 61.3 Å². The van der Waals surface area contributed by atoms with Gasteiger partial charge in [-0.25, -0.2) is 0 Å². The maximum atomic E-state index is 12.5. The highest BCUT2D eigenvalue weighted by Crippen LogP contribution is 2.42. The lowest BCUT2D eigenvalue weighted by Gasteiger charge is -2.37. The summed E-state index contributed by atoms with van der Waals surface area (Å²) in [5.41, 5.74) is -0.917. The molecule has 0 aromatic heterocycles. The van der Waals surface area contributed by atoms with Crippen LogP contribution in [0.15, 0.2) is 0 Å². The molecular formula is C16H30BNO3. The van der Waals surface area contributed by atoms with Crippen LogP contribution in [0.25, 0.3) is 0 Å². The summed E-state index contributed by atoms with van der Waals surface area (Å²) in [6, 6.07) is 0. The van der Waals surface area contributed by atoms with Crippen molar-refractivity contribution >= 4 is 13.0 Å². The molecule has 120 valence electrons. The first-order chi connectivity index (χ1) is 9.44. The molecule has 2 rings (SSSR count). The van der Waals surface area contributed by atoms with Crippen molar-refractivity contribution < 1.29 is 14.1 Å². The van der Waals surface area contributed by atoms with E-state index in [-0.39, 0.29) is 35.5 Å². The first-order valence-electron chi connectivity index (χ1n) is 8.09. The molecule has 0 spiro atoms. The second-order valence-corrected chi connectivity index (χ2v) is 8.53. The van der Waals surface area contributed by atoms with Crippen LogP contribution in [-0.2, 0) is 14.1 Å². The van der Waals surface area contributed by atoms with Crippen molar-refractivity contribution in [2.45, 2.75) is 78.3 Å². The number of carbonyl (C=O) groups excluding carboxylic acids is 1. The highest BCUT2D eigenvalue weighted by Gasteiger charge is 2.54. The zero-order valence-corrected chi connectivity index (χ0v) is 14.7. The van der Waals surface area contributed by atoms with Crippen molar-refractivity contribution in [3.05, 3.63) is 0 Å². The number of carbonyl (C=O) groups is 1. The monoisotopic (exact) mass is 295 g/mol. The number of nitrogens with zero attached hydrogens (tertiary/aromatic N) is 1. The molecule has 0 saturated carbocycles. The molecule has 2 fully saturated rings. The van der Waals surface area contributed by atoms with E-state index in [1.807, 2.05) is 25.7 Å². The Labute approximate surface area is 129 Å². The van der Waals surface area contributed by atoms with Crippen LogP contribution in [0.3, 0.4) is 0 Å². The Morgan fingerprint density at radius 2 is 1.67 bits per heavy atom. The van der Waals surface area contributed by atoms with Gasteiger partial charge in [-0.3, -0.25) is 4.79 Å². The highest BCUT2D eigenvalue weighted by atomic mass is 16.7. The van der Waals surface area contributed by atoms with E-state index in [1.165, 1.54) is 0 Å². The molecule has 0 N–H and O–H groups in total. The fourth-order valence-corrected chi connectivity index (χ4v) is 2.97. The molecule has 2 aliphatic rings. The molecule has 2 heterocycles. The van der Waals surface area contributed by atoms with Crippen LogP contribution < -0.4 is 0 Å². The van der Waals surface area contributed by atoms with E-state index in [2.05, 4.69) is 27.7 Å². The van der Waals surface area contributed by atoms with Gasteiger partial charge in [0, 0.05) is 24.3 Å². The summed E-state index contributed by atoms with van der Waals surface area (Å²) in [7, 11) is -0.203. The van der Waals surface area contributed by atoms with E-state index >= 15 is 0 Å². The second kappa shape index (κ2) is 5.27. The van der Waals surface area contributed by atoms with E-state index in [4.69, 9.17) is 9.31 Å². The van der Waals surface area contributed by atoms with E-state index < -0.39 is 0 Å². The number of amides is 1. The van der Waals surface area contributed by atoms with Gasteiger partial charge >= 0.3 is 7.12 Å². The van der Waals surface area contributed by atoms with Gasteiger partial charge in [0.05, 0.1) is 11.2 Å². The van der Waals surface area contributed by atoms with Gasteiger partial charge in [0.2, 0.25) is 5.91 Å². The molecule has 1 amide bonds. The lowest BCUT2D eigenvalue weighted by Crippen LogP contribution is -2.47. The molecule has 5 heteroatoms. The maximum Gasteiger partial charge on any atom is 0.462 e. The molecule has 21 heavy (non-hydrogen) atoms. The second-order valence-electron chi connectivity index (χ2n) is 8.53. The van der Waals surface area contributed by atoms with Crippen LogP contribution in [0.4, 0.5) is 0 Å². The van der Waals surface area contributed by atoms with Gasteiger partial charge < -0.3 is 14.2 Å². The van der Waals surface area contributed by atoms with Crippen LogP contribution in [0.5, 0.6) is 0 Å². The van der Waals surface area contributed by atoms with Crippen molar-refractivity contribution in [3.63, 3.8) is 0 Å². The van der Waals surface area contributed by atoms with Crippen LogP contribution >= 0.6 is 0 Å². The van der Waals surface area contributed by atoms with E-state index in [9.17, 15) is 4.79 Å². The summed E-state index contributed by atoms with van der Waals surface area (Å²) in [4.78, 5) is 14.5. The quantitative estimate of drug-likeness (QED) is 0.698. The molecule has 0 aliphatic carbocycles. The molecular weight excluding hydrogens is 265 g/mol. The van der Waals surface area contributed by atoms with Gasteiger partial charge in [-0.15, -0.1) is 0 Å². The number of likely N-dealkylation sites (tertiary alicyclic amines) is 1. The Morgan fingerprint density at radius 3 is 2.14 bits per heavy atom. The molecule has 0 bridgehead atoms. The molecule has 0 radical (unpaired) electrons. The predicted molar refractivity (Wildman–Crippen MR) is 85.1 cm³/mol. The van der Waals surface area contributed by atoms with E-state index in [0.29, 0.717) is 0 Å². The molecule has 1 unspecified atom stereocenters. The summed E-state index contributed by atoms with van der Waals surface area (Å²) >= 11 is 0. The maximum absolute atomic E-state index is 12.5. The van der Waals surface area contributed by atoms with Gasteiger partial charge in [-0.2, -0.15) is 0 Å². The molecule has 0 aromatic rings. The third-order valence-corrected chi connectivity index (χ3v) is 5.04. The van der Waals surface area contributed by atoms with E-state index in [1.54, 1.807) is 0 Å². The third kappa shape index (κ3) is 3.29. The molecule has 2 saturated heterocycles. The molecule has 4 nitrogen and oxygen atoms in total. The summed E-state index contributed by atoms with van der Waals surface area (Å²) < 4.78 is 12.3. The third-order valence-electron chi connectivity index (χ3n) is 5.04. The minimum Gasteiger partial charge on any atom is -0.403 e. The fourth-order valence-electron chi connectivity index (χ4n) is 2.97. The Morgan fingerprint density at radius 1 is 1.14 bits per heavy atom. The van der Waals surface area contributed by atoms with Crippen molar-refractivity contribution in [3.8, 4) is 0 Å². The summed E-state index contributed by atoms with van der Waals surface area (Å²) in [5.74, 6) is 0.495. The van der Waals surface area contributed by atoms with Crippen LogP contribution in [-0.4, -0.2) is 42.2 Å². The first kappa shape index (κ1) is 16.8. The Kier molecular flexibility index (Phi) is 4.22. The lowest BCUT2D eigenvalue weighted by molar-refractivity contribution is -0.140. The molecule has 2 aliphatic heterocycles. The highest BCUT2D eigenvalue weighted by molar-refractivity contribution is 6.47. The Hall–Kier alpha value is -0.545. The molecule has 0 aromatic carbocycles. The Bertz CT molecular complexity index is 398. The standard InChI is InChI=1S/C16H30BNO3/c1-14(2,3)13(19)18-10-8-9-12(11-18)17-20-15(4,5)16(6,7)21-17/h12H,8-11H2,1-7H3. The summed E-state index contributed by atoms with van der Waals surface area (Å²) in [6.45, 7) is 15.8. The van der Waals surface area contributed by atoms with Gasteiger partial charge in [0.15, 0.2) is 0 Å². The van der Waals surface area contributed by atoms with Crippen molar-refractivity contribution in [2.75, 3.05) is 13.1 Å². The number of piperidine rings is 1. The van der Waals surface area contributed by atoms with Gasteiger partial charge in [0.1, 0.15) is 0 Å². The Balaban J connectivity index is 2.05. The van der Waals surface area contributed by atoms with Crippen molar-refractivity contribution in [1.29, 1.82) is 0 Å². The smallest absolute Gasteiger partial charge is 0.403 e. The summed E-state index contributed by atoms with van der Waals surface area (Å²) in [5, 5.41) is 0. The number of hydrogen-bond acceptors (Lipinski definition) is 3. The topological polar surface area (TPSA) is 38.8 Å². The number of rotatable bonds is 1. The van der Waals surface area contributed by atoms with Crippen LogP contribution in [0, 0.1) is 5.41 Å². The average molecular weight is 295 g/mol. The van der Waals surface area contributed by atoms with Gasteiger partial charge in [-0.1, -0.05) is 20.8 Å². The minimum absolute atomic E-state index is 0.203. The minimum atomic E-state index is -0.322. The fraction of sp³-hybridized carbons (Fsp3) is 0.938. The SMILES string of the molecule is CC(C)(C)C(=O)N1CCCC(B2OC(C)(C)C(C)(C)O2)C1. The lowest BCUT2D eigenvalue weighted by atomic mass is 9.67. The first-order valence-corrected chi connectivity index (χ1v) is 8.09. The molecule has 1 atom stereocenters.